The molecule has 1 fully saturated rings. The highest BCUT2D eigenvalue weighted by atomic mass is 16.6. The Kier molecular flexibility index (Phi) is 4.99. The van der Waals surface area contributed by atoms with Crippen LogP contribution in [0.5, 0.6) is 0 Å². The number of carbonyl (C=O) groups excluding carboxylic acids is 1. The predicted molar refractivity (Wildman–Crippen MR) is 90.4 cm³/mol. The number of anilines is 1. The summed E-state index contributed by atoms with van der Waals surface area (Å²) < 4.78 is 5.48. The third kappa shape index (κ3) is 4.39. The van der Waals surface area contributed by atoms with Gasteiger partial charge in [-0.2, -0.15) is 0 Å². The number of amides is 1. The molecule has 0 radical (unpaired) electrons. The lowest BCUT2D eigenvalue weighted by atomic mass is 10.0. The number of carbonyl (C=O) groups is 1. The SMILES string of the molecule is Cc1cccc(C)c1NC1CCCN(C(=O)OC(C)(C)C)C1. The van der Waals surface area contributed by atoms with Crippen LogP contribution in [0.15, 0.2) is 18.2 Å². The molecular weight excluding hydrogens is 276 g/mol. The van der Waals surface area contributed by atoms with Crippen LogP contribution < -0.4 is 5.32 Å². The first-order valence-electron chi connectivity index (χ1n) is 8.07. The van der Waals surface area contributed by atoms with Crippen LogP contribution in [0.2, 0.25) is 0 Å². The van der Waals surface area contributed by atoms with Gasteiger partial charge in [0.05, 0.1) is 0 Å². The zero-order valence-corrected chi connectivity index (χ0v) is 14.4. The largest absolute Gasteiger partial charge is 0.444 e. The number of benzene rings is 1. The number of ether oxygens (including phenoxy) is 1. The summed E-state index contributed by atoms with van der Waals surface area (Å²) in [6, 6.07) is 6.58. The number of hydrogen-bond acceptors (Lipinski definition) is 3. The minimum Gasteiger partial charge on any atom is -0.444 e. The third-order valence-electron chi connectivity index (χ3n) is 3.90. The molecule has 0 bridgehead atoms. The number of nitrogens with one attached hydrogen (secondary N) is 1. The van der Waals surface area contributed by atoms with E-state index >= 15 is 0 Å². The van der Waals surface area contributed by atoms with E-state index in [1.54, 1.807) is 0 Å². The maximum absolute atomic E-state index is 12.2. The van der Waals surface area contributed by atoms with Crippen LogP contribution in [-0.4, -0.2) is 35.7 Å². The molecule has 1 aromatic carbocycles. The number of likely N-dealkylation sites (tertiary alicyclic amines) is 1. The standard InChI is InChI=1S/C18H28N2O2/c1-13-8-6-9-14(2)16(13)19-15-10-7-11-20(12-15)17(21)22-18(3,4)5/h6,8-9,15,19H,7,10-12H2,1-5H3. The van der Waals surface area contributed by atoms with Crippen molar-refractivity contribution in [3.63, 3.8) is 0 Å². The van der Waals surface area contributed by atoms with Gasteiger partial charge in [0, 0.05) is 24.8 Å². The molecule has 1 aliphatic heterocycles. The minimum atomic E-state index is -0.440. The van der Waals surface area contributed by atoms with E-state index in [-0.39, 0.29) is 12.1 Å². The lowest BCUT2D eigenvalue weighted by Crippen LogP contribution is -2.47. The zero-order valence-electron chi connectivity index (χ0n) is 14.4. The van der Waals surface area contributed by atoms with Gasteiger partial charge in [-0.25, -0.2) is 4.79 Å². The Bertz CT molecular complexity index is 514. The molecule has 2 rings (SSSR count). The number of rotatable bonds is 2. The highest BCUT2D eigenvalue weighted by Gasteiger charge is 2.27. The molecule has 1 aliphatic rings. The van der Waals surface area contributed by atoms with E-state index in [9.17, 15) is 4.79 Å². The lowest BCUT2D eigenvalue weighted by molar-refractivity contribution is 0.0206. The fraction of sp³-hybridized carbons (Fsp3) is 0.611. The van der Waals surface area contributed by atoms with Gasteiger partial charge >= 0.3 is 6.09 Å². The molecule has 22 heavy (non-hydrogen) atoms. The van der Waals surface area contributed by atoms with Crippen LogP contribution in [-0.2, 0) is 4.74 Å². The molecule has 4 heteroatoms. The van der Waals surface area contributed by atoms with Crippen LogP contribution in [0.25, 0.3) is 0 Å². The molecule has 1 saturated heterocycles. The van der Waals surface area contributed by atoms with Crippen LogP contribution in [0, 0.1) is 13.8 Å². The van der Waals surface area contributed by atoms with Crippen molar-refractivity contribution in [3.05, 3.63) is 29.3 Å². The molecule has 4 nitrogen and oxygen atoms in total. The van der Waals surface area contributed by atoms with Gasteiger partial charge in [-0.15, -0.1) is 0 Å². The number of piperidine rings is 1. The van der Waals surface area contributed by atoms with E-state index in [1.807, 2.05) is 25.7 Å². The highest BCUT2D eigenvalue weighted by molar-refractivity contribution is 5.68. The van der Waals surface area contributed by atoms with Crippen LogP contribution in [0.3, 0.4) is 0 Å². The highest BCUT2D eigenvalue weighted by Crippen LogP contribution is 2.23. The van der Waals surface area contributed by atoms with Gasteiger partial charge in [0.1, 0.15) is 5.60 Å². The van der Waals surface area contributed by atoms with Crippen molar-refractivity contribution in [3.8, 4) is 0 Å². The molecule has 1 atom stereocenters. The Morgan fingerprint density at radius 2 is 1.91 bits per heavy atom. The fourth-order valence-corrected chi connectivity index (χ4v) is 2.83. The monoisotopic (exact) mass is 304 g/mol. The number of para-hydroxylation sites is 1. The summed E-state index contributed by atoms with van der Waals surface area (Å²) in [7, 11) is 0. The van der Waals surface area contributed by atoms with Crippen molar-refractivity contribution in [2.24, 2.45) is 0 Å². The average Bonchev–Trinajstić information content (AvgIpc) is 2.41. The van der Waals surface area contributed by atoms with Gasteiger partial charge in [-0.1, -0.05) is 18.2 Å². The number of hydrogen-bond donors (Lipinski definition) is 1. The number of aryl methyl sites for hydroxylation is 2. The molecule has 1 unspecified atom stereocenters. The lowest BCUT2D eigenvalue weighted by Gasteiger charge is -2.35. The zero-order chi connectivity index (χ0) is 16.3. The summed E-state index contributed by atoms with van der Waals surface area (Å²) in [6.07, 6.45) is 1.87. The summed E-state index contributed by atoms with van der Waals surface area (Å²) in [6.45, 7) is 11.4. The molecule has 0 aliphatic carbocycles. The quantitative estimate of drug-likeness (QED) is 0.894. The third-order valence-corrected chi connectivity index (χ3v) is 3.90. The van der Waals surface area contributed by atoms with Crippen molar-refractivity contribution in [2.75, 3.05) is 18.4 Å². The first kappa shape index (κ1) is 16.7. The second kappa shape index (κ2) is 6.59. The summed E-state index contributed by atoms with van der Waals surface area (Å²) in [5.41, 5.74) is 3.24. The maximum atomic E-state index is 12.2. The van der Waals surface area contributed by atoms with Crippen molar-refractivity contribution in [1.29, 1.82) is 0 Å². The van der Waals surface area contributed by atoms with E-state index in [1.165, 1.54) is 16.8 Å². The fourth-order valence-electron chi connectivity index (χ4n) is 2.83. The molecular formula is C18H28N2O2. The van der Waals surface area contributed by atoms with Gasteiger partial charge in [0.2, 0.25) is 0 Å². The summed E-state index contributed by atoms with van der Waals surface area (Å²) in [5, 5.41) is 3.62. The Morgan fingerprint density at radius 1 is 1.27 bits per heavy atom. The molecule has 122 valence electrons. The molecule has 1 heterocycles. The average molecular weight is 304 g/mol. The Morgan fingerprint density at radius 3 is 2.50 bits per heavy atom. The van der Waals surface area contributed by atoms with E-state index in [2.05, 4.69) is 37.4 Å². The van der Waals surface area contributed by atoms with E-state index in [4.69, 9.17) is 4.74 Å². The Balaban J connectivity index is 2.00. The summed E-state index contributed by atoms with van der Waals surface area (Å²) in [4.78, 5) is 14.0. The molecule has 0 aromatic heterocycles. The van der Waals surface area contributed by atoms with Gasteiger partial charge in [0.25, 0.3) is 0 Å². The minimum absolute atomic E-state index is 0.208. The Labute approximate surface area is 133 Å². The van der Waals surface area contributed by atoms with Gasteiger partial charge in [-0.3, -0.25) is 0 Å². The van der Waals surface area contributed by atoms with E-state index in [0.717, 1.165) is 19.4 Å². The first-order chi connectivity index (χ1) is 10.3. The first-order valence-corrected chi connectivity index (χ1v) is 8.07. The van der Waals surface area contributed by atoms with E-state index < -0.39 is 5.60 Å². The smallest absolute Gasteiger partial charge is 0.410 e. The molecule has 1 amide bonds. The van der Waals surface area contributed by atoms with Crippen molar-refractivity contribution >= 4 is 11.8 Å². The van der Waals surface area contributed by atoms with Gasteiger partial charge < -0.3 is 15.0 Å². The second-order valence-electron chi connectivity index (χ2n) is 7.18. The van der Waals surface area contributed by atoms with Crippen LogP contribution >= 0.6 is 0 Å². The van der Waals surface area contributed by atoms with Crippen LogP contribution in [0.1, 0.15) is 44.7 Å². The molecule has 1 aromatic rings. The number of nitrogens with zero attached hydrogens (tertiary/aromatic N) is 1. The second-order valence-corrected chi connectivity index (χ2v) is 7.18. The van der Waals surface area contributed by atoms with E-state index in [0.29, 0.717) is 6.54 Å². The summed E-state index contributed by atoms with van der Waals surface area (Å²) in [5.74, 6) is 0. The van der Waals surface area contributed by atoms with Gasteiger partial charge in [-0.05, 0) is 58.6 Å². The topological polar surface area (TPSA) is 41.6 Å². The molecule has 1 N–H and O–H groups in total. The predicted octanol–water partition coefficient (Wildman–Crippen LogP) is 4.11. The van der Waals surface area contributed by atoms with Crippen molar-refractivity contribution in [2.45, 2.75) is 59.1 Å². The maximum Gasteiger partial charge on any atom is 0.410 e. The normalized spacial score (nSPS) is 19.0. The van der Waals surface area contributed by atoms with Crippen molar-refractivity contribution < 1.29 is 9.53 Å². The Hall–Kier alpha value is -1.71. The summed E-state index contributed by atoms with van der Waals surface area (Å²) >= 11 is 0. The van der Waals surface area contributed by atoms with Crippen LogP contribution in [0.4, 0.5) is 10.5 Å². The van der Waals surface area contributed by atoms with Gasteiger partial charge in [0.15, 0.2) is 0 Å². The molecule has 0 saturated carbocycles. The van der Waals surface area contributed by atoms with Crippen molar-refractivity contribution in [1.82, 2.24) is 4.90 Å². The molecule has 0 spiro atoms.